The van der Waals surface area contributed by atoms with E-state index in [9.17, 15) is 8.42 Å². The molecule has 0 heterocycles. The Kier molecular flexibility index (Phi) is 15.3. The van der Waals surface area contributed by atoms with Gasteiger partial charge in [0.25, 0.3) is 10.1 Å². The Balaban J connectivity index is 3.14. The van der Waals surface area contributed by atoms with Crippen molar-refractivity contribution in [3.63, 3.8) is 0 Å². The van der Waals surface area contributed by atoms with E-state index >= 15 is 0 Å². The maximum atomic E-state index is 10.7. The van der Waals surface area contributed by atoms with Crippen molar-refractivity contribution in [2.75, 3.05) is 0 Å². The Hall–Kier alpha value is -0.130. The molecule has 0 aliphatic heterocycles. The minimum Gasteiger partial charge on any atom is -0.313 e. The van der Waals surface area contributed by atoms with Crippen LogP contribution in [0.1, 0.15) is 110 Å². The molecule has 1 atom stereocenters. The van der Waals surface area contributed by atoms with Gasteiger partial charge in [-0.3, -0.25) is 4.55 Å². The molecule has 23 heavy (non-hydrogen) atoms. The summed E-state index contributed by atoms with van der Waals surface area (Å²) in [5, 5.41) is -1.11. The van der Waals surface area contributed by atoms with Gasteiger partial charge in [0.15, 0.2) is 0 Å². The molecular weight excluding hydrogens is 310 g/mol. The summed E-state index contributed by atoms with van der Waals surface area (Å²) in [5.74, 6) is 0. The molecule has 0 fully saturated rings. The molecule has 0 aromatic rings. The highest BCUT2D eigenvalue weighted by Crippen LogP contribution is 2.14. The first kappa shape index (κ1) is 22.9. The monoisotopic (exact) mass is 349 g/mol. The molecule has 5 heteroatoms. The molecule has 140 valence electrons. The summed E-state index contributed by atoms with van der Waals surface area (Å²) >= 11 is 0. The number of hydrogen-bond acceptors (Lipinski definition) is 3. The standard InChI is InChI=1S/C18H39NO3S/c1-2-3-4-5-6-7-8-9-10-11-12-13-14-15-16-17-18(19)23(20,21)22/h18H,2-17,19H2,1H3,(H,20,21,22). The maximum absolute atomic E-state index is 10.7. The normalized spacial score (nSPS) is 13.3. The number of rotatable bonds is 17. The van der Waals surface area contributed by atoms with E-state index in [1.807, 2.05) is 0 Å². The minimum absolute atomic E-state index is 0.358. The zero-order valence-corrected chi connectivity index (χ0v) is 16.0. The number of nitrogens with two attached hydrogens (primary N) is 1. The lowest BCUT2D eigenvalue weighted by molar-refractivity contribution is 0.457. The lowest BCUT2D eigenvalue weighted by Crippen LogP contribution is -2.29. The third-order valence-electron chi connectivity index (χ3n) is 4.47. The first-order chi connectivity index (χ1) is 11.0. The molecule has 0 amide bonds. The van der Waals surface area contributed by atoms with Crippen LogP contribution in [0.4, 0.5) is 0 Å². The van der Waals surface area contributed by atoms with Crippen LogP contribution in [0.3, 0.4) is 0 Å². The minimum atomic E-state index is -4.04. The Morgan fingerprint density at radius 3 is 1.30 bits per heavy atom. The van der Waals surface area contributed by atoms with Crippen LogP contribution in [0.2, 0.25) is 0 Å². The van der Waals surface area contributed by atoms with Gasteiger partial charge in [-0.1, -0.05) is 103 Å². The smallest absolute Gasteiger partial charge is 0.280 e. The molecule has 0 aliphatic carbocycles. The average Bonchev–Trinajstić information content (AvgIpc) is 2.50. The van der Waals surface area contributed by atoms with Crippen LogP contribution in [0.15, 0.2) is 0 Å². The van der Waals surface area contributed by atoms with E-state index in [2.05, 4.69) is 6.92 Å². The zero-order chi connectivity index (χ0) is 17.4. The second kappa shape index (κ2) is 15.4. The summed E-state index contributed by atoms with van der Waals surface area (Å²) in [7, 11) is -4.04. The molecule has 1 unspecified atom stereocenters. The van der Waals surface area contributed by atoms with E-state index in [-0.39, 0.29) is 0 Å². The highest BCUT2D eigenvalue weighted by molar-refractivity contribution is 7.86. The van der Waals surface area contributed by atoms with Crippen LogP contribution in [-0.2, 0) is 10.1 Å². The highest BCUT2D eigenvalue weighted by atomic mass is 32.2. The quantitative estimate of drug-likeness (QED) is 0.271. The van der Waals surface area contributed by atoms with Crippen LogP contribution in [0.5, 0.6) is 0 Å². The van der Waals surface area contributed by atoms with Gasteiger partial charge < -0.3 is 5.73 Å². The second-order valence-electron chi connectivity index (χ2n) is 6.79. The fourth-order valence-electron chi connectivity index (χ4n) is 2.87. The van der Waals surface area contributed by atoms with Crippen molar-refractivity contribution in [3.05, 3.63) is 0 Å². The molecule has 0 aromatic carbocycles. The van der Waals surface area contributed by atoms with Crippen molar-refractivity contribution >= 4 is 10.1 Å². The summed E-state index contributed by atoms with van der Waals surface area (Å²) in [6.45, 7) is 2.26. The van der Waals surface area contributed by atoms with Crippen molar-refractivity contribution in [3.8, 4) is 0 Å². The number of unbranched alkanes of at least 4 members (excludes halogenated alkanes) is 14. The highest BCUT2D eigenvalue weighted by Gasteiger charge is 2.16. The van der Waals surface area contributed by atoms with E-state index in [1.54, 1.807) is 0 Å². The summed E-state index contributed by atoms with van der Waals surface area (Å²) < 4.78 is 30.2. The molecule has 0 spiro atoms. The lowest BCUT2D eigenvalue weighted by Gasteiger charge is -2.07. The van der Waals surface area contributed by atoms with Gasteiger partial charge in [-0.2, -0.15) is 8.42 Å². The lowest BCUT2D eigenvalue weighted by atomic mass is 10.0. The zero-order valence-electron chi connectivity index (χ0n) is 15.1. The number of hydrogen-bond donors (Lipinski definition) is 2. The SMILES string of the molecule is CCCCCCCCCCCCCCCCCC(N)S(=O)(=O)O. The predicted molar refractivity (Wildman–Crippen MR) is 99.1 cm³/mol. The molecule has 4 nitrogen and oxygen atoms in total. The first-order valence-electron chi connectivity index (χ1n) is 9.70. The molecule has 0 saturated carbocycles. The fourth-order valence-corrected chi connectivity index (χ4v) is 3.33. The summed E-state index contributed by atoms with van der Waals surface area (Å²) in [6.07, 6.45) is 19.5. The predicted octanol–water partition coefficient (Wildman–Crippen LogP) is 5.42. The van der Waals surface area contributed by atoms with Crippen molar-refractivity contribution in [1.82, 2.24) is 0 Å². The van der Waals surface area contributed by atoms with Crippen molar-refractivity contribution in [2.24, 2.45) is 5.73 Å². The molecule has 0 saturated heterocycles. The van der Waals surface area contributed by atoms with Gasteiger partial charge >= 0.3 is 0 Å². The van der Waals surface area contributed by atoms with Gasteiger partial charge in [0.2, 0.25) is 0 Å². The fraction of sp³-hybridized carbons (Fsp3) is 1.00. The Morgan fingerprint density at radius 2 is 1.00 bits per heavy atom. The van der Waals surface area contributed by atoms with E-state index in [1.165, 1.54) is 77.0 Å². The third kappa shape index (κ3) is 16.5. The summed E-state index contributed by atoms with van der Waals surface area (Å²) in [5.41, 5.74) is 5.37. The molecule has 0 aliphatic rings. The van der Waals surface area contributed by atoms with Crippen LogP contribution in [0.25, 0.3) is 0 Å². The van der Waals surface area contributed by atoms with Gasteiger partial charge in [0.1, 0.15) is 5.37 Å². The van der Waals surface area contributed by atoms with E-state index in [0.29, 0.717) is 6.42 Å². The molecule has 0 radical (unpaired) electrons. The maximum Gasteiger partial charge on any atom is 0.280 e. The Labute approximate surface area is 144 Å². The van der Waals surface area contributed by atoms with E-state index < -0.39 is 15.5 Å². The summed E-state index contributed by atoms with van der Waals surface area (Å²) in [4.78, 5) is 0. The van der Waals surface area contributed by atoms with Crippen LogP contribution < -0.4 is 5.73 Å². The van der Waals surface area contributed by atoms with Gasteiger partial charge in [0, 0.05) is 0 Å². The van der Waals surface area contributed by atoms with E-state index in [0.717, 1.165) is 19.3 Å². The topological polar surface area (TPSA) is 80.4 Å². The molecule has 3 N–H and O–H groups in total. The molecular formula is C18H39NO3S. The molecule has 0 aromatic heterocycles. The largest absolute Gasteiger partial charge is 0.313 e. The van der Waals surface area contributed by atoms with Gasteiger partial charge in [0.05, 0.1) is 0 Å². The summed E-state index contributed by atoms with van der Waals surface area (Å²) in [6, 6.07) is 0. The van der Waals surface area contributed by atoms with E-state index in [4.69, 9.17) is 10.3 Å². The molecule has 0 bridgehead atoms. The van der Waals surface area contributed by atoms with Gasteiger partial charge in [-0.15, -0.1) is 0 Å². The first-order valence-corrected chi connectivity index (χ1v) is 11.2. The van der Waals surface area contributed by atoms with Crippen molar-refractivity contribution in [1.29, 1.82) is 0 Å². The van der Waals surface area contributed by atoms with Crippen molar-refractivity contribution < 1.29 is 13.0 Å². The van der Waals surface area contributed by atoms with Crippen LogP contribution in [-0.4, -0.2) is 18.3 Å². The third-order valence-corrected chi connectivity index (χ3v) is 5.48. The Morgan fingerprint density at radius 1 is 0.696 bits per heavy atom. The molecule has 0 rings (SSSR count). The van der Waals surface area contributed by atoms with Gasteiger partial charge in [-0.05, 0) is 6.42 Å². The van der Waals surface area contributed by atoms with Crippen LogP contribution >= 0.6 is 0 Å². The van der Waals surface area contributed by atoms with Crippen molar-refractivity contribution in [2.45, 2.75) is 115 Å². The van der Waals surface area contributed by atoms with Crippen LogP contribution in [0, 0.1) is 0 Å². The van der Waals surface area contributed by atoms with Gasteiger partial charge in [-0.25, -0.2) is 0 Å². The Bertz CT molecular complexity index is 344. The average molecular weight is 350 g/mol. The second-order valence-corrected chi connectivity index (χ2v) is 8.43.